The Balaban J connectivity index is 2.28. The molecule has 0 aliphatic heterocycles. The second-order valence-electron chi connectivity index (χ2n) is 11.1. The number of nitrogens with one attached hydrogen (secondary N) is 1. The molecule has 29 heavy (non-hydrogen) atoms. The summed E-state index contributed by atoms with van der Waals surface area (Å²) >= 11 is 0. The molecule has 0 aliphatic rings. The molecule has 1 amide bonds. The number of rotatable bonds is 3. The van der Waals surface area contributed by atoms with Crippen molar-refractivity contribution >= 4 is 11.6 Å². The van der Waals surface area contributed by atoms with Crippen molar-refractivity contribution in [3.8, 4) is 5.75 Å². The van der Waals surface area contributed by atoms with Crippen molar-refractivity contribution in [3.63, 3.8) is 0 Å². The van der Waals surface area contributed by atoms with E-state index in [4.69, 9.17) is 0 Å². The lowest BCUT2D eigenvalue weighted by Crippen LogP contribution is -2.20. The van der Waals surface area contributed by atoms with E-state index in [-0.39, 0.29) is 28.6 Å². The highest BCUT2D eigenvalue weighted by atomic mass is 16.3. The second-order valence-corrected chi connectivity index (χ2v) is 11.1. The highest BCUT2D eigenvalue weighted by molar-refractivity contribution is 5.92. The second kappa shape index (κ2) is 7.85. The fraction of sp³-hybridized carbons (Fsp3) is 0.500. The first-order valence-electron chi connectivity index (χ1n) is 10.4. The fourth-order valence-electron chi connectivity index (χ4n) is 3.38. The average Bonchev–Trinajstić information content (AvgIpc) is 2.53. The van der Waals surface area contributed by atoms with Crippen LogP contribution in [0.4, 0.5) is 5.69 Å². The van der Waals surface area contributed by atoms with Gasteiger partial charge in [-0.05, 0) is 50.6 Å². The molecule has 0 aliphatic carbocycles. The van der Waals surface area contributed by atoms with Gasteiger partial charge in [-0.2, -0.15) is 0 Å². The first-order chi connectivity index (χ1) is 13.1. The van der Waals surface area contributed by atoms with Gasteiger partial charge in [-0.3, -0.25) is 4.79 Å². The number of anilines is 1. The molecule has 0 aromatic heterocycles. The van der Waals surface area contributed by atoms with Crippen molar-refractivity contribution < 1.29 is 9.90 Å². The number of carbonyl (C=O) groups is 1. The molecule has 0 unspecified atom stereocenters. The van der Waals surface area contributed by atoms with Gasteiger partial charge >= 0.3 is 0 Å². The Labute approximate surface area is 176 Å². The van der Waals surface area contributed by atoms with E-state index >= 15 is 0 Å². The van der Waals surface area contributed by atoms with Crippen LogP contribution in [0, 0.1) is 0 Å². The summed E-state index contributed by atoms with van der Waals surface area (Å²) in [5, 5.41) is 13.8. The summed E-state index contributed by atoms with van der Waals surface area (Å²) in [6.07, 6.45) is 0.271. The van der Waals surface area contributed by atoms with Crippen molar-refractivity contribution in [1.29, 1.82) is 0 Å². The van der Waals surface area contributed by atoms with Crippen LogP contribution < -0.4 is 5.32 Å². The lowest BCUT2D eigenvalue weighted by molar-refractivity contribution is -0.115. The molecule has 0 saturated heterocycles. The van der Waals surface area contributed by atoms with Crippen LogP contribution in [-0.2, 0) is 27.5 Å². The van der Waals surface area contributed by atoms with Gasteiger partial charge in [0.25, 0.3) is 0 Å². The Hall–Kier alpha value is -2.29. The standard InChI is InChI=1S/C26H37NO2/c1-24(2,3)18-10-12-19(13-11-18)27-22(28)16-17-14-20(25(4,5)6)23(29)21(15-17)26(7,8)9/h10-15,29H,16H2,1-9H3,(H,27,28). The van der Waals surface area contributed by atoms with Crippen LogP contribution in [0.3, 0.4) is 0 Å². The van der Waals surface area contributed by atoms with Gasteiger partial charge < -0.3 is 10.4 Å². The van der Waals surface area contributed by atoms with Crippen molar-refractivity contribution in [2.75, 3.05) is 5.32 Å². The normalized spacial score (nSPS) is 12.7. The Morgan fingerprint density at radius 1 is 0.793 bits per heavy atom. The summed E-state index contributed by atoms with van der Waals surface area (Å²) in [6, 6.07) is 12.0. The maximum Gasteiger partial charge on any atom is 0.228 e. The van der Waals surface area contributed by atoms with Gasteiger partial charge in [0, 0.05) is 5.69 Å². The van der Waals surface area contributed by atoms with Crippen LogP contribution in [0.1, 0.15) is 84.6 Å². The van der Waals surface area contributed by atoms with E-state index in [1.54, 1.807) is 0 Å². The molecule has 0 bridgehead atoms. The molecule has 2 aromatic carbocycles. The molecule has 0 saturated carbocycles. The zero-order chi connectivity index (χ0) is 22.2. The van der Waals surface area contributed by atoms with Crippen molar-refractivity contribution in [1.82, 2.24) is 0 Å². The van der Waals surface area contributed by atoms with Gasteiger partial charge in [-0.25, -0.2) is 0 Å². The number of phenolic OH excluding ortho intramolecular Hbond substituents is 1. The minimum Gasteiger partial charge on any atom is -0.507 e. The van der Waals surface area contributed by atoms with Gasteiger partial charge in [-0.1, -0.05) is 86.6 Å². The summed E-state index contributed by atoms with van der Waals surface area (Å²) in [4.78, 5) is 12.7. The molecule has 3 nitrogen and oxygen atoms in total. The van der Waals surface area contributed by atoms with Crippen LogP contribution in [0.25, 0.3) is 0 Å². The molecule has 2 aromatic rings. The van der Waals surface area contributed by atoms with Crippen molar-refractivity contribution in [2.24, 2.45) is 0 Å². The van der Waals surface area contributed by atoms with Crippen molar-refractivity contribution in [2.45, 2.75) is 85.0 Å². The lowest BCUT2D eigenvalue weighted by Gasteiger charge is -2.28. The minimum atomic E-state index is -0.209. The van der Waals surface area contributed by atoms with Gasteiger partial charge in [0.15, 0.2) is 0 Å². The lowest BCUT2D eigenvalue weighted by atomic mass is 9.78. The van der Waals surface area contributed by atoms with E-state index in [2.05, 4.69) is 79.8 Å². The zero-order valence-corrected chi connectivity index (χ0v) is 19.5. The Morgan fingerprint density at radius 3 is 1.62 bits per heavy atom. The molecule has 0 heterocycles. The number of hydrogen-bond donors (Lipinski definition) is 2. The van der Waals surface area contributed by atoms with Crippen LogP contribution >= 0.6 is 0 Å². The minimum absolute atomic E-state index is 0.0566. The molecule has 2 N–H and O–H groups in total. The topological polar surface area (TPSA) is 49.3 Å². The predicted molar refractivity (Wildman–Crippen MR) is 123 cm³/mol. The van der Waals surface area contributed by atoms with E-state index in [9.17, 15) is 9.90 Å². The Morgan fingerprint density at radius 2 is 1.24 bits per heavy atom. The smallest absolute Gasteiger partial charge is 0.228 e. The monoisotopic (exact) mass is 395 g/mol. The van der Waals surface area contributed by atoms with Gasteiger partial charge in [0.1, 0.15) is 5.75 Å². The number of hydrogen-bond acceptors (Lipinski definition) is 2. The SMILES string of the molecule is CC(C)(C)c1ccc(NC(=O)Cc2cc(C(C)(C)C)c(O)c(C(C)(C)C)c2)cc1. The number of benzene rings is 2. The molecule has 3 heteroatoms. The van der Waals surface area contributed by atoms with E-state index in [1.165, 1.54) is 5.56 Å². The maximum absolute atomic E-state index is 12.7. The highest BCUT2D eigenvalue weighted by Gasteiger charge is 2.27. The molecular weight excluding hydrogens is 358 g/mol. The quantitative estimate of drug-likeness (QED) is 0.626. The number of carbonyl (C=O) groups excluding carboxylic acids is 1. The van der Waals surface area contributed by atoms with Crippen LogP contribution in [-0.4, -0.2) is 11.0 Å². The van der Waals surface area contributed by atoms with E-state index in [1.807, 2.05) is 24.3 Å². The predicted octanol–water partition coefficient (Wildman–Crippen LogP) is 6.47. The molecule has 0 spiro atoms. The van der Waals surface area contributed by atoms with Crippen LogP contribution in [0.15, 0.2) is 36.4 Å². The number of aromatic hydroxyl groups is 1. The highest BCUT2D eigenvalue weighted by Crippen LogP contribution is 2.39. The third-order valence-corrected chi connectivity index (χ3v) is 5.19. The molecule has 0 atom stereocenters. The van der Waals surface area contributed by atoms with Gasteiger partial charge in [0.05, 0.1) is 6.42 Å². The molecule has 158 valence electrons. The summed E-state index contributed by atoms with van der Waals surface area (Å²) in [6.45, 7) is 19.0. The van der Waals surface area contributed by atoms with E-state index in [0.717, 1.165) is 22.4 Å². The molecule has 2 rings (SSSR count). The molecular formula is C26H37NO2. The molecule has 0 fully saturated rings. The Bertz CT molecular complexity index is 838. The van der Waals surface area contributed by atoms with E-state index < -0.39 is 0 Å². The fourth-order valence-corrected chi connectivity index (χ4v) is 3.38. The molecule has 0 radical (unpaired) electrons. The third kappa shape index (κ3) is 5.85. The number of phenols is 1. The first-order valence-corrected chi connectivity index (χ1v) is 10.4. The summed E-state index contributed by atoms with van der Waals surface area (Å²) in [5.41, 5.74) is 4.37. The first kappa shape index (κ1) is 23.0. The van der Waals surface area contributed by atoms with E-state index in [0.29, 0.717) is 5.75 Å². The van der Waals surface area contributed by atoms with Crippen molar-refractivity contribution in [3.05, 3.63) is 58.7 Å². The largest absolute Gasteiger partial charge is 0.507 e. The van der Waals surface area contributed by atoms with Gasteiger partial charge in [0.2, 0.25) is 5.91 Å². The summed E-state index contributed by atoms with van der Waals surface area (Å²) in [7, 11) is 0. The zero-order valence-electron chi connectivity index (χ0n) is 19.5. The van der Waals surface area contributed by atoms with Gasteiger partial charge in [-0.15, -0.1) is 0 Å². The van der Waals surface area contributed by atoms with Crippen LogP contribution in [0.2, 0.25) is 0 Å². The Kier molecular flexibility index (Phi) is 6.23. The summed E-state index contributed by atoms with van der Waals surface area (Å²) in [5.74, 6) is 0.283. The summed E-state index contributed by atoms with van der Waals surface area (Å²) < 4.78 is 0. The number of amides is 1. The third-order valence-electron chi connectivity index (χ3n) is 5.19. The van der Waals surface area contributed by atoms with Crippen LogP contribution in [0.5, 0.6) is 5.75 Å². The maximum atomic E-state index is 12.7. The average molecular weight is 396 g/mol.